The fourth-order valence-electron chi connectivity index (χ4n) is 1.68. The second-order valence-corrected chi connectivity index (χ2v) is 5.45. The molecule has 5 nitrogen and oxygen atoms in total. The van der Waals surface area contributed by atoms with Crippen LogP contribution in [-0.4, -0.2) is 17.1 Å². The van der Waals surface area contributed by atoms with Gasteiger partial charge < -0.3 is 15.7 Å². The Bertz CT molecular complexity index is 656. The predicted octanol–water partition coefficient (Wildman–Crippen LogP) is 3.31. The number of hydrogen-bond donors (Lipinski definition) is 3. The fourth-order valence-corrected chi connectivity index (χ4v) is 2.20. The standard InChI is InChI=1S/C15H13IN2O3/c16-12-3-1-2-4-13(12)18-15(21)17-9-10-5-7-11(8-6-10)14(19)20/h1-8H,9H2,(H,19,20)(H2,17,18,21). The summed E-state index contributed by atoms with van der Waals surface area (Å²) in [5.41, 5.74) is 1.80. The molecule has 2 amide bonds. The molecule has 0 fully saturated rings. The molecule has 0 atom stereocenters. The normalized spacial score (nSPS) is 9.95. The number of hydrogen-bond acceptors (Lipinski definition) is 2. The lowest BCUT2D eigenvalue weighted by atomic mass is 10.1. The molecule has 108 valence electrons. The molecule has 21 heavy (non-hydrogen) atoms. The molecule has 0 spiro atoms. The molecule has 0 aliphatic carbocycles. The summed E-state index contributed by atoms with van der Waals surface area (Å²) < 4.78 is 0.955. The minimum absolute atomic E-state index is 0.224. The van der Waals surface area contributed by atoms with Crippen molar-refractivity contribution < 1.29 is 14.7 Å². The van der Waals surface area contributed by atoms with Crippen molar-refractivity contribution in [2.45, 2.75) is 6.54 Å². The van der Waals surface area contributed by atoms with Crippen molar-refractivity contribution >= 4 is 40.3 Å². The Kier molecular flexibility index (Phi) is 5.15. The van der Waals surface area contributed by atoms with Gasteiger partial charge in [0.2, 0.25) is 0 Å². The topological polar surface area (TPSA) is 78.4 Å². The van der Waals surface area contributed by atoms with Gasteiger partial charge in [-0.1, -0.05) is 24.3 Å². The van der Waals surface area contributed by atoms with E-state index in [4.69, 9.17) is 5.11 Å². The van der Waals surface area contributed by atoms with Gasteiger partial charge in [0.05, 0.1) is 11.3 Å². The second kappa shape index (κ2) is 7.07. The molecule has 3 N–H and O–H groups in total. The third kappa shape index (κ3) is 4.45. The minimum Gasteiger partial charge on any atom is -0.478 e. The number of carbonyl (C=O) groups excluding carboxylic acids is 1. The molecular weight excluding hydrogens is 383 g/mol. The zero-order chi connectivity index (χ0) is 15.2. The summed E-state index contributed by atoms with van der Waals surface area (Å²) in [5, 5.41) is 14.3. The number of carboxylic acids is 1. The number of halogens is 1. The zero-order valence-electron chi connectivity index (χ0n) is 11.0. The van der Waals surface area contributed by atoms with Crippen molar-refractivity contribution in [3.8, 4) is 0 Å². The molecule has 2 aromatic carbocycles. The SMILES string of the molecule is O=C(NCc1ccc(C(=O)O)cc1)Nc1ccccc1I. The third-order valence-electron chi connectivity index (χ3n) is 2.78. The highest BCUT2D eigenvalue weighted by Crippen LogP contribution is 2.16. The summed E-state index contributed by atoms with van der Waals surface area (Å²) >= 11 is 2.15. The first-order valence-corrected chi connectivity index (χ1v) is 7.26. The maximum atomic E-state index is 11.8. The second-order valence-electron chi connectivity index (χ2n) is 4.29. The van der Waals surface area contributed by atoms with E-state index in [1.165, 1.54) is 12.1 Å². The Labute approximate surface area is 135 Å². The smallest absolute Gasteiger partial charge is 0.335 e. The summed E-state index contributed by atoms with van der Waals surface area (Å²) in [6, 6.07) is 13.5. The maximum Gasteiger partial charge on any atom is 0.335 e. The summed E-state index contributed by atoms with van der Waals surface area (Å²) in [7, 11) is 0. The van der Waals surface area contributed by atoms with Crippen LogP contribution in [-0.2, 0) is 6.54 Å². The van der Waals surface area contributed by atoms with Gasteiger partial charge >= 0.3 is 12.0 Å². The first-order chi connectivity index (χ1) is 10.1. The Morgan fingerprint density at radius 2 is 1.71 bits per heavy atom. The van der Waals surface area contributed by atoms with Gasteiger partial charge in [-0.25, -0.2) is 9.59 Å². The van der Waals surface area contributed by atoms with Crippen LogP contribution in [0.15, 0.2) is 48.5 Å². The zero-order valence-corrected chi connectivity index (χ0v) is 13.1. The molecule has 0 aliphatic rings. The molecule has 2 aromatic rings. The largest absolute Gasteiger partial charge is 0.478 e. The molecule has 0 aromatic heterocycles. The van der Waals surface area contributed by atoms with Crippen molar-refractivity contribution in [3.05, 3.63) is 63.2 Å². The average Bonchev–Trinajstić information content (AvgIpc) is 2.48. The molecule has 0 bridgehead atoms. The fraction of sp³-hybridized carbons (Fsp3) is 0.0667. The highest BCUT2D eigenvalue weighted by molar-refractivity contribution is 14.1. The maximum absolute atomic E-state index is 11.8. The lowest BCUT2D eigenvalue weighted by molar-refractivity contribution is 0.0697. The number of carbonyl (C=O) groups is 2. The van der Waals surface area contributed by atoms with Crippen molar-refractivity contribution in [1.29, 1.82) is 0 Å². The molecule has 0 saturated carbocycles. The van der Waals surface area contributed by atoms with Crippen LogP contribution in [0.5, 0.6) is 0 Å². The number of aromatic carboxylic acids is 1. The Morgan fingerprint density at radius 3 is 2.33 bits per heavy atom. The quantitative estimate of drug-likeness (QED) is 0.694. The van der Waals surface area contributed by atoms with E-state index in [1.807, 2.05) is 24.3 Å². The van der Waals surface area contributed by atoms with Crippen LogP contribution < -0.4 is 10.6 Å². The van der Waals surface area contributed by atoms with Crippen LogP contribution in [0.3, 0.4) is 0 Å². The lowest BCUT2D eigenvalue weighted by Crippen LogP contribution is -2.28. The summed E-state index contributed by atoms with van der Waals surface area (Å²) in [6.07, 6.45) is 0. The van der Waals surface area contributed by atoms with Gasteiger partial charge in [-0.2, -0.15) is 0 Å². The van der Waals surface area contributed by atoms with E-state index in [2.05, 4.69) is 33.2 Å². The molecule has 6 heteroatoms. The van der Waals surface area contributed by atoms with Crippen LogP contribution in [0, 0.1) is 3.57 Å². The lowest BCUT2D eigenvalue weighted by Gasteiger charge is -2.09. The van der Waals surface area contributed by atoms with Crippen molar-refractivity contribution in [2.75, 3.05) is 5.32 Å². The van der Waals surface area contributed by atoms with Crippen molar-refractivity contribution in [1.82, 2.24) is 5.32 Å². The molecule has 0 saturated heterocycles. The van der Waals surface area contributed by atoms with Gasteiger partial charge in [-0.05, 0) is 52.4 Å². The number of rotatable bonds is 4. The first kappa shape index (κ1) is 15.3. The third-order valence-corrected chi connectivity index (χ3v) is 3.72. The Hall–Kier alpha value is -2.09. The van der Waals surface area contributed by atoms with E-state index in [9.17, 15) is 9.59 Å². The summed E-state index contributed by atoms with van der Waals surface area (Å²) in [4.78, 5) is 22.5. The Balaban J connectivity index is 1.89. The van der Waals surface area contributed by atoms with Crippen LogP contribution >= 0.6 is 22.6 Å². The number of urea groups is 1. The predicted molar refractivity (Wildman–Crippen MR) is 88.4 cm³/mol. The van der Waals surface area contributed by atoms with Gasteiger partial charge in [0.1, 0.15) is 0 Å². The summed E-state index contributed by atoms with van der Waals surface area (Å²) in [6.45, 7) is 0.329. The van der Waals surface area contributed by atoms with Crippen LogP contribution in [0.2, 0.25) is 0 Å². The van der Waals surface area contributed by atoms with Gasteiger partial charge in [0, 0.05) is 10.1 Å². The van der Waals surface area contributed by atoms with Crippen molar-refractivity contribution in [2.24, 2.45) is 0 Å². The van der Waals surface area contributed by atoms with E-state index >= 15 is 0 Å². The highest BCUT2D eigenvalue weighted by atomic mass is 127. The van der Waals surface area contributed by atoms with Crippen LogP contribution in [0.25, 0.3) is 0 Å². The van der Waals surface area contributed by atoms with Gasteiger partial charge in [-0.15, -0.1) is 0 Å². The first-order valence-electron chi connectivity index (χ1n) is 6.18. The van der Waals surface area contributed by atoms with E-state index in [0.29, 0.717) is 6.54 Å². The van der Waals surface area contributed by atoms with E-state index < -0.39 is 5.97 Å². The van der Waals surface area contributed by atoms with Crippen LogP contribution in [0.1, 0.15) is 15.9 Å². The number of para-hydroxylation sites is 1. The molecule has 0 aliphatic heterocycles. The molecule has 2 rings (SSSR count). The monoisotopic (exact) mass is 396 g/mol. The number of nitrogens with one attached hydrogen (secondary N) is 2. The molecular formula is C15H13IN2O3. The highest BCUT2D eigenvalue weighted by Gasteiger charge is 2.05. The minimum atomic E-state index is -0.967. The Morgan fingerprint density at radius 1 is 1.05 bits per heavy atom. The number of amides is 2. The van der Waals surface area contributed by atoms with Crippen LogP contribution in [0.4, 0.5) is 10.5 Å². The molecule has 0 unspecified atom stereocenters. The van der Waals surface area contributed by atoms with Gasteiger partial charge in [0.15, 0.2) is 0 Å². The van der Waals surface area contributed by atoms with Crippen molar-refractivity contribution in [3.63, 3.8) is 0 Å². The average molecular weight is 396 g/mol. The number of anilines is 1. The van der Waals surface area contributed by atoms with E-state index in [0.717, 1.165) is 14.8 Å². The van der Waals surface area contributed by atoms with Gasteiger partial charge in [-0.3, -0.25) is 0 Å². The number of benzene rings is 2. The van der Waals surface area contributed by atoms with Gasteiger partial charge in [0.25, 0.3) is 0 Å². The molecule has 0 heterocycles. The van der Waals surface area contributed by atoms with E-state index in [1.54, 1.807) is 12.1 Å². The number of carboxylic acid groups (broad SMARTS) is 1. The summed E-state index contributed by atoms with van der Waals surface area (Å²) in [5.74, 6) is -0.967. The van der Waals surface area contributed by atoms with E-state index in [-0.39, 0.29) is 11.6 Å². The molecule has 0 radical (unpaired) electrons.